The molecule has 0 unspecified atom stereocenters. The molecule has 3 N–H and O–H groups in total. The summed E-state index contributed by atoms with van der Waals surface area (Å²) in [6, 6.07) is 5.14. The van der Waals surface area contributed by atoms with Gasteiger partial charge in [0.25, 0.3) is 0 Å². The lowest BCUT2D eigenvalue weighted by molar-refractivity contribution is -0.114. The summed E-state index contributed by atoms with van der Waals surface area (Å²) in [4.78, 5) is 22.6. The van der Waals surface area contributed by atoms with Crippen molar-refractivity contribution in [3.05, 3.63) is 18.2 Å². The molecule has 6 nitrogen and oxygen atoms in total. The molecule has 3 amide bonds. The fourth-order valence-corrected chi connectivity index (χ4v) is 1.64. The molecule has 0 spiro atoms. The van der Waals surface area contributed by atoms with Crippen molar-refractivity contribution in [3.8, 4) is 5.75 Å². The van der Waals surface area contributed by atoms with Crippen molar-refractivity contribution in [1.29, 1.82) is 0 Å². The number of methoxy groups -OCH3 is 1. The van der Waals surface area contributed by atoms with Crippen molar-refractivity contribution in [2.45, 2.75) is 25.8 Å². The van der Waals surface area contributed by atoms with Crippen LogP contribution in [0.15, 0.2) is 18.2 Å². The highest BCUT2D eigenvalue weighted by Gasteiger charge is 2.23. The Morgan fingerprint density at radius 1 is 1.26 bits per heavy atom. The number of ether oxygens (including phenoxy) is 1. The highest BCUT2D eigenvalue weighted by Crippen LogP contribution is 2.28. The van der Waals surface area contributed by atoms with Crippen molar-refractivity contribution in [3.63, 3.8) is 0 Å². The second-order valence-electron chi connectivity index (χ2n) is 4.47. The summed E-state index contributed by atoms with van der Waals surface area (Å²) in [7, 11) is 1.51. The van der Waals surface area contributed by atoms with Gasteiger partial charge in [-0.2, -0.15) is 0 Å². The van der Waals surface area contributed by atoms with E-state index in [1.165, 1.54) is 14.0 Å². The minimum absolute atomic E-state index is 0.175. The molecule has 19 heavy (non-hydrogen) atoms. The molecule has 0 aliphatic heterocycles. The zero-order valence-corrected chi connectivity index (χ0v) is 10.9. The number of hydrogen-bond acceptors (Lipinski definition) is 3. The maximum atomic E-state index is 11.6. The van der Waals surface area contributed by atoms with Gasteiger partial charge in [0.2, 0.25) is 5.91 Å². The SMILES string of the molecule is COc1cc(NC(=O)NC2CC2)ccc1NC(C)=O. The highest BCUT2D eigenvalue weighted by molar-refractivity contribution is 5.93. The summed E-state index contributed by atoms with van der Waals surface area (Å²) in [6.07, 6.45) is 2.08. The molecule has 0 atom stereocenters. The number of urea groups is 1. The summed E-state index contributed by atoms with van der Waals surface area (Å²) in [5, 5.41) is 8.21. The summed E-state index contributed by atoms with van der Waals surface area (Å²) < 4.78 is 5.18. The third-order valence-corrected chi connectivity index (χ3v) is 2.68. The zero-order valence-electron chi connectivity index (χ0n) is 10.9. The Bertz CT molecular complexity index is 498. The lowest BCUT2D eigenvalue weighted by atomic mass is 10.2. The number of nitrogens with one attached hydrogen (secondary N) is 3. The fraction of sp³-hybridized carbons (Fsp3) is 0.385. The third-order valence-electron chi connectivity index (χ3n) is 2.68. The van der Waals surface area contributed by atoms with Gasteiger partial charge in [0.15, 0.2) is 0 Å². The summed E-state index contributed by atoms with van der Waals surface area (Å²) in [6.45, 7) is 1.43. The van der Waals surface area contributed by atoms with E-state index >= 15 is 0 Å². The second kappa shape index (κ2) is 5.60. The van der Waals surface area contributed by atoms with E-state index < -0.39 is 0 Å². The van der Waals surface area contributed by atoms with Crippen molar-refractivity contribution in [1.82, 2.24) is 5.32 Å². The van der Waals surface area contributed by atoms with Crippen LogP contribution >= 0.6 is 0 Å². The minimum Gasteiger partial charge on any atom is -0.494 e. The van der Waals surface area contributed by atoms with Gasteiger partial charge in [0, 0.05) is 24.7 Å². The molecule has 2 rings (SSSR count). The molecule has 1 aliphatic carbocycles. The van der Waals surface area contributed by atoms with E-state index in [1.54, 1.807) is 18.2 Å². The highest BCUT2D eigenvalue weighted by atomic mass is 16.5. The van der Waals surface area contributed by atoms with Crippen molar-refractivity contribution in [2.24, 2.45) is 0 Å². The van der Waals surface area contributed by atoms with E-state index in [2.05, 4.69) is 16.0 Å². The molecule has 0 radical (unpaired) electrons. The Kier molecular flexibility index (Phi) is 3.89. The van der Waals surface area contributed by atoms with Gasteiger partial charge < -0.3 is 20.7 Å². The quantitative estimate of drug-likeness (QED) is 0.776. The van der Waals surface area contributed by atoms with Gasteiger partial charge in [0.05, 0.1) is 12.8 Å². The maximum Gasteiger partial charge on any atom is 0.319 e. The van der Waals surface area contributed by atoms with Gasteiger partial charge >= 0.3 is 6.03 Å². The normalized spacial score (nSPS) is 13.6. The Morgan fingerprint density at radius 3 is 2.58 bits per heavy atom. The lowest BCUT2D eigenvalue weighted by Crippen LogP contribution is -2.30. The maximum absolute atomic E-state index is 11.6. The van der Waals surface area contributed by atoms with Crippen molar-refractivity contribution >= 4 is 23.3 Å². The standard InChI is InChI=1S/C13H17N3O3/c1-8(17)14-11-6-5-10(7-12(11)19-2)16-13(18)15-9-3-4-9/h5-7,9H,3-4H2,1-2H3,(H,14,17)(H2,15,16,18). The Morgan fingerprint density at radius 2 is 2.00 bits per heavy atom. The molecule has 1 saturated carbocycles. The van der Waals surface area contributed by atoms with E-state index in [4.69, 9.17) is 4.74 Å². The zero-order chi connectivity index (χ0) is 13.8. The molecule has 6 heteroatoms. The number of amides is 3. The first-order valence-corrected chi connectivity index (χ1v) is 6.11. The molecular formula is C13H17N3O3. The monoisotopic (exact) mass is 263 g/mol. The van der Waals surface area contributed by atoms with Crippen LogP contribution in [-0.4, -0.2) is 25.1 Å². The van der Waals surface area contributed by atoms with Gasteiger partial charge in [-0.15, -0.1) is 0 Å². The Balaban J connectivity index is 2.04. The molecule has 1 fully saturated rings. The largest absolute Gasteiger partial charge is 0.494 e. The van der Waals surface area contributed by atoms with Crippen molar-refractivity contribution in [2.75, 3.05) is 17.7 Å². The van der Waals surface area contributed by atoms with Crippen LogP contribution in [0, 0.1) is 0 Å². The molecule has 1 aromatic rings. The van der Waals surface area contributed by atoms with Crippen LogP contribution in [0.1, 0.15) is 19.8 Å². The first-order chi connectivity index (χ1) is 9.08. The van der Waals surface area contributed by atoms with E-state index in [9.17, 15) is 9.59 Å². The average Bonchev–Trinajstić information content (AvgIpc) is 3.14. The van der Waals surface area contributed by atoms with Crippen LogP contribution in [0.25, 0.3) is 0 Å². The van der Waals surface area contributed by atoms with E-state index in [-0.39, 0.29) is 11.9 Å². The molecule has 1 aliphatic rings. The molecule has 0 aromatic heterocycles. The predicted octanol–water partition coefficient (Wildman–Crippen LogP) is 1.94. The molecule has 0 bridgehead atoms. The van der Waals surface area contributed by atoms with Gasteiger partial charge in [-0.3, -0.25) is 4.79 Å². The lowest BCUT2D eigenvalue weighted by Gasteiger charge is -2.12. The Labute approximate surface area is 111 Å². The first-order valence-electron chi connectivity index (χ1n) is 6.11. The first kappa shape index (κ1) is 13.2. The van der Waals surface area contributed by atoms with E-state index in [1.807, 2.05) is 0 Å². The van der Waals surface area contributed by atoms with Crippen LogP contribution in [0.2, 0.25) is 0 Å². The average molecular weight is 263 g/mol. The van der Waals surface area contributed by atoms with Gasteiger partial charge in [-0.1, -0.05) is 0 Å². The van der Waals surface area contributed by atoms with E-state index in [0.29, 0.717) is 23.2 Å². The minimum atomic E-state index is -0.225. The summed E-state index contributed by atoms with van der Waals surface area (Å²) in [5.41, 5.74) is 1.19. The molecule has 0 saturated heterocycles. The van der Waals surface area contributed by atoms with E-state index in [0.717, 1.165) is 12.8 Å². The number of carbonyl (C=O) groups is 2. The molecule has 1 aromatic carbocycles. The second-order valence-corrected chi connectivity index (χ2v) is 4.47. The van der Waals surface area contributed by atoms with Gasteiger partial charge in [-0.05, 0) is 25.0 Å². The number of benzene rings is 1. The van der Waals surface area contributed by atoms with Crippen molar-refractivity contribution < 1.29 is 14.3 Å². The van der Waals surface area contributed by atoms with Gasteiger partial charge in [-0.25, -0.2) is 4.79 Å². The number of rotatable bonds is 4. The van der Waals surface area contributed by atoms with Crippen LogP contribution in [0.5, 0.6) is 5.75 Å². The fourth-order valence-electron chi connectivity index (χ4n) is 1.64. The van der Waals surface area contributed by atoms with Crippen LogP contribution < -0.4 is 20.7 Å². The molecule has 0 heterocycles. The molecule has 102 valence electrons. The smallest absolute Gasteiger partial charge is 0.319 e. The van der Waals surface area contributed by atoms with Crippen LogP contribution in [-0.2, 0) is 4.79 Å². The van der Waals surface area contributed by atoms with Crippen LogP contribution in [0.4, 0.5) is 16.2 Å². The van der Waals surface area contributed by atoms with Crippen LogP contribution in [0.3, 0.4) is 0 Å². The third kappa shape index (κ3) is 3.87. The number of hydrogen-bond donors (Lipinski definition) is 3. The topological polar surface area (TPSA) is 79.5 Å². The number of anilines is 2. The summed E-state index contributed by atoms with van der Waals surface area (Å²) >= 11 is 0. The number of carbonyl (C=O) groups excluding carboxylic acids is 2. The summed E-state index contributed by atoms with van der Waals surface area (Å²) in [5.74, 6) is 0.324. The predicted molar refractivity (Wildman–Crippen MR) is 72.5 cm³/mol. The molecular weight excluding hydrogens is 246 g/mol. The Hall–Kier alpha value is -2.24. The van der Waals surface area contributed by atoms with Gasteiger partial charge in [0.1, 0.15) is 5.75 Å².